The van der Waals surface area contributed by atoms with Gasteiger partial charge in [-0.2, -0.15) is 0 Å². The lowest BCUT2D eigenvalue weighted by Crippen LogP contribution is -2.40. The van der Waals surface area contributed by atoms with Gasteiger partial charge in [0.15, 0.2) is 5.96 Å². The van der Waals surface area contributed by atoms with Crippen molar-refractivity contribution in [3.63, 3.8) is 0 Å². The van der Waals surface area contributed by atoms with Gasteiger partial charge in [0.2, 0.25) is 0 Å². The summed E-state index contributed by atoms with van der Waals surface area (Å²) in [6, 6.07) is 11.6. The molecule has 4 heteroatoms. The maximum atomic E-state index is 5.96. The lowest BCUT2D eigenvalue weighted by atomic mass is 10.0. The van der Waals surface area contributed by atoms with Gasteiger partial charge in [0.05, 0.1) is 6.54 Å². The molecule has 2 rings (SSSR count). The summed E-state index contributed by atoms with van der Waals surface area (Å²) in [5, 5.41) is 3.26. The molecule has 1 saturated carbocycles. The fraction of sp³-hybridized carbons (Fsp3) is 0.588. The Morgan fingerprint density at radius 2 is 1.95 bits per heavy atom. The van der Waals surface area contributed by atoms with E-state index in [-0.39, 0.29) is 0 Å². The largest absolute Gasteiger partial charge is 0.370 e. The van der Waals surface area contributed by atoms with Crippen LogP contribution in [0.25, 0.3) is 0 Å². The zero-order chi connectivity index (χ0) is 15.1. The molecule has 0 bridgehead atoms. The number of rotatable bonds is 8. The van der Waals surface area contributed by atoms with E-state index in [0.717, 1.165) is 26.1 Å². The summed E-state index contributed by atoms with van der Waals surface area (Å²) >= 11 is 0. The third-order valence-electron chi connectivity index (χ3n) is 4.04. The van der Waals surface area contributed by atoms with E-state index in [9.17, 15) is 0 Å². The zero-order valence-corrected chi connectivity index (χ0v) is 13.3. The maximum Gasteiger partial charge on any atom is 0.188 e. The predicted octanol–water partition coefficient (Wildman–Crippen LogP) is 2.01. The minimum atomic E-state index is 0.405. The van der Waals surface area contributed by atoms with Crippen molar-refractivity contribution in [1.82, 2.24) is 10.2 Å². The molecular weight excluding hydrogens is 260 g/mol. The Kier molecular flexibility index (Phi) is 6.05. The molecule has 0 amide bonds. The van der Waals surface area contributed by atoms with Gasteiger partial charge in [-0.15, -0.1) is 0 Å². The Bertz CT molecular complexity index is 435. The van der Waals surface area contributed by atoms with Gasteiger partial charge in [0, 0.05) is 12.1 Å². The second kappa shape index (κ2) is 8.03. The molecule has 0 heterocycles. The SMILES string of the molecule is CCN(CC)C(CN=C(N)NC1CC1)Cc1ccccc1. The van der Waals surface area contributed by atoms with Gasteiger partial charge < -0.3 is 11.1 Å². The monoisotopic (exact) mass is 288 g/mol. The van der Waals surface area contributed by atoms with Crippen molar-refractivity contribution in [3.05, 3.63) is 35.9 Å². The first kappa shape index (κ1) is 15.8. The molecule has 0 radical (unpaired) electrons. The first-order chi connectivity index (χ1) is 10.2. The van der Waals surface area contributed by atoms with Crippen molar-refractivity contribution in [2.45, 2.75) is 45.2 Å². The average molecular weight is 288 g/mol. The Balaban J connectivity index is 1.97. The topological polar surface area (TPSA) is 53.6 Å². The zero-order valence-electron chi connectivity index (χ0n) is 13.3. The molecular formula is C17H28N4. The molecule has 1 aromatic carbocycles. The number of likely N-dealkylation sites (N-methyl/N-ethyl adjacent to an activating group) is 1. The highest BCUT2D eigenvalue weighted by molar-refractivity contribution is 5.78. The van der Waals surface area contributed by atoms with Crippen LogP contribution in [-0.2, 0) is 6.42 Å². The van der Waals surface area contributed by atoms with E-state index in [0.29, 0.717) is 18.0 Å². The summed E-state index contributed by atoms with van der Waals surface area (Å²) in [5.74, 6) is 0.600. The molecule has 1 atom stereocenters. The first-order valence-electron chi connectivity index (χ1n) is 8.07. The van der Waals surface area contributed by atoms with Gasteiger partial charge in [-0.25, -0.2) is 0 Å². The van der Waals surface area contributed by atoms with Crippen LogP contribution in [0.2, 0.25) is 0 Å². The molecule has 1 fully saturated rings. The van der Waals surface area contributed by atoms with Crippen LogP contribution >= 0.6 is 0 Å². The van der Waals surface area contributed by atoms with Gasteiger partial charge in [0.25, 0.3) is 0 Å². The standard InChI is InChI=1S/C17H28N4/c1-3-21(4-2)16(12-14-8-6-5-7-9-14)13-19-17(18)20-15-10-11-15/h5-9,15-16H,3-4,10-13H2,1-2H3,(H3,18,19,20). The Morgan fingerprint density at radius 3 is 2.52 bits per heavy atom. The molecule has 1 aliphatic carbocycles. The maximum absolute atomic E-state index is 5.96. The molecule has 0 spiro atoms. The highest BCUT2D eigenvalue weighted by atomic mass is 15.2. The van der Waals surface area contributed by atoms with Gasteiger partial charge >= 0.3 is 0 Å². The van der Waals surface area contributed by atoms with Crippen molar-refractivity contribution in [2.24, 2.45) is 10.7 Å². The summed E-state index contributed by atoms with van der Waals surface area (Å²) in [6.07, 6.45) is 3.46. The molecule has 1 aliphatic rings. The number of nitrogens with one attached hydrogen (secondary N) is 1. The molecule has 0 aliphatic heterocycles. The van der Waals surface area contributed by atoms with Crippen LogP contribution in [0.5, 0.6) is 0 Å². The lowest BCUT2D eigenvalue weighted by molar-refractivity contribution is 0.220. The quantitative estimate of drug-likeness (QED) is 0.568. The van der Waals surface area contributed by atoms with Crippen LogP contribution in [0.15, 0.2) is 35.3 Å². The van der Waals surface area contributed by atoms with Crippen LogP contribution in [-0.4, -0.2) is 42.6 Å². The summed E-state index contributed by atoms with van der Waals surface area (Å²) < 4.78 is 0. The third kappa shape index (κ3) is 5.38. The van der Waals surface area contributed by atoms with E-state index in [1.54, 1.807) is 0 Å². The molecule has 4 nitrogen and oxygen atoms in total. The number of nitrogens with zero attached hydrogens (tertiary/aromatic N) is 2. The number of nitrogens with two attached hydrogens (primary N) is 1. The van der Waals surface area contributed by atoms with Crippen molar-refractivity contribution < 1.29 is 0 Å². The van der Waals surface area contributed by atoms with Crippen LogP contribution in [0.1, 0.15) is 32.3 Å². The fourth-order valence-electron chi connectivity index (χ4n) is 2.62. The minimum Gasteiger partial charge on any atom is -0.370 e. The molecule has 1 unspecified atom stereocenters. The average Bonchev–Trinajstić information content (AvgIpc) is 3.31. The van der Waals surface area contributed by atoms with Crippen LogP contribution in [0.3, 0.4) is 0 Å². The summed E-state index contributed by atoms with van der Waals surface area (Å²) in [7, 11) is 0. The highest BCUT2D eigenvalue weighted by Crippen LogP contribution is 2.18. The van der Waals surface area contributed by atoms with E-state index in [2.05, 4.69) is 59.4 Å². The Morgan fingerprint density at radius 1 is 1.29 bits per heavy atom. The predicted molar refractivity (Wildman–Crippen MR) is 89.5 cm³/mol. The van der Waals surface area contributed by atoms with Gasteiger partial charge in [-0.1, -0.05) is 44.2 Å². The summed E-state index contributed by atoms with van der Waals surface area (Å²) in [5.41, 5.74) is 7.32. The molecule has 3 N–H and O–H groups in total. The molecule has 21 heavy (non-hydrogen) atoms. The summed E-state index contributed by atoms with van der Waals surface area (Å²) in [4.78, 5) is 7.02. The van der Waals surface area contributed by atoms with Crippen molar-refractivity contribution in [3.8, 4) is 0 Å². The van der Waals surface area contributed by atoms with E-state index < -0.39 is 0 Å². The van der Waals surface area contributed by atoms with E-state index in [4.69, 9.17) is 5.73 Å². The van der Waals surface area contributed by atoms with Crippen molar-refractivity contribution in [2.75, 3.05) is 19.6 Å². The normalized spacial score (nSPS) is 17.0. The summed E-state index contributed by atoms with van der Waals surface area (Å²) in [6.45, 7) is 7.25. The van der Waals surface area contributed by atoms with E-state index >= 15 is 0 Å². The number of aliphatic imine (C=N–C) groups is 1. The second-order valence-electron chi connectivity index (χ2n) is 5.71. The van der Waals surface area contributed by atoms with Crippen molar-refractivity contribution >= 4 is 5.96 Å². The van der Waals surface area contributed by atoms with Gasteiger partial charge in [0.1, 0.15) is 0 Å². The molecule has 1 aromatic rings. The number of benzene rings is 1. The van der Waals surface area contributed by atoms with Crippen LogP contribution in [0, 0.1) is 0 Å². The lowest BCUT2D eigenvalue weighted by Gasteiger charge is -2.28. The van der Waals surface area contributed by atoms with Crippen LogP contribution in [0.4, 0.5) is 0 Å². The number of hydrogen-bond donors (Lipinski definition) is 2. The van der Waals surface area contributed by atoms with E-state index in [1.165, 1.54) is 18.4 Å². The Labute approximate surface area is 128 Å². The Hall–Kier alpha value is -1.55. The smallest absolute Gasteiger partial charge is 0.188 e. The number of guanidine groups is 1. The van der Waals surface area contributed by atoms with Crippen LogP contribution < -0.4 is 11.1 Å². The first-order valence-corrected chi connectivity index (χ1v) is 8.07. The number of hydrogen-bond acceptors (Lipinski definition) is 2. The highest BCUT2D eigenvalue weighted by Gasteiger charge is 2.22. The minimum absolute atomic E-state index is 0.405. The fourth-order valence-corrected chi connectivity index (χ4v) is 2.62. The third-order valence-corrected chi connectivity index (χ3v) is 4.04. The second-order valence-corrected chi connectivity index (χ2v) is 5.71. The molecule has 0 saturated heterocycles. The van der Waals surface area contributed by atoms with Gasteiger partial charge in [-0.3, -0.25) is 9.89 Å². The molecule has 0 aromatic heterocycles. The van der Waals surface area contributed by atoms with Crippen molar-refractivity contribution in [1.29, 1.82) is 0 Å². The molecule has 116 valence electrons. The van der Waals surface area contributed by atoms with E-state index in [1.807, 2.05) is 0 Å². The van der Waals surface area contributed by atoms with Gasteiger partial charge in [-0.05, 0) is 37.9 Å².